The zero-order valence-electron chi connectivity index (χ0n) is 11.9. The molecule has 1 aromatic heterocycles. The van der Waals surface area contributed by atoms with Crippen LogP contribution in [0, 0.1) is 12.7 Å². The summed E-state index contributed by atoms with van der Waals surface area (Å²) in [5.41, 5.74) is 1.28. The van der Waals surface area contributed by atoms with Crippen molar-refractivity contribution >= 4 is 11.7 Å². The lowest BCUT2D eigenvalue weighted by Gasteiger charge is -2.07. The topological polar surface area (TPSA) is 63.0 Å². The van der Waals surface area contributed by atoms with Gasteiger partial charge in [0, 0.05) is 5.69 Å². The number of nitrogens with one attached hydrogen (secondary N) is 2. The molecule has 0 amide bonds. The molecule has 6 heteroatoms. The van der Waals surface area contributed by atoms with E-state index in [1.54, 1.807) is 19.1 Å². The number of aromatic nitrogens is 2. The molecule has 1 unspecified atom stereocenters. The molecular formula is C14H19FN4O. The van der Waals surface area contributed by atoms with Crippen LogP contribution < -0.4 is 10.6 Å². The fraction of sp³-hybridized carbons (Fsp3) is 0.429. The molecule has 0 saturated carbocycles. The van der Waals surface area contributed by atoms with Crippen LogP contribution in [0.1, 0.15) is 37.8 Å². The van der Waals surface area contributed by atoms with Gasteiger partial charge in [-0.25, -0.2) is 4.39 Å². The van der Waals surface area contributed by atoms with E-state index in [4.69, 9.17) is 4.42 Å². The van der Waals surface area contributed by atoms with E-state index in [-0.39, 0.29) is 11.9 Å². The lowest BCUT2D eigenvalue weighted by Crippen LogP contribution is -2.19. The van der Waals surface area contributed by atoms with Gasteiger partial charge in [0.25, 0.3) is 0 Å². The molecule has 2 rings (SSSR count). The summed E-state index contributed by atoms with van der Waals surface area (Å²) < 4.78 is 18.7. The van der Waals surface area contributed by atoms with Gasteiger partial charge in [0.15, 0.2) is 0 Å². The number of benzene rings is 1. The molecule has 2 N–H and O–H groups in total. The van der Waals surface area contributed by atoms with Crippen LogP contribution in [0.4, 0.5) is 16.1 Å². The Balaban J connectivity index is 2.03. The summed E-state index contributed by atoms with van der Waals surface area (Å²) in [6, 6.07) is 5.03. The summed E-state index contributed by atoms with van der Waals surface area (Å²) in [6.07, 6.45) is 1.04. The number of halogens is 1. The molecule has 0 spiro atoms. The van der Waals surface area contributed by atoms with E-state index in [0.717, 1.165) is 13.0 Å². The van der Waals surface area contributed by atoms with E-state index >= 15 is 0 Å². The first-order valence-electron chi connectivity index (χ1n) is 6.70. The van der Waals surface area contributed by atoms with E-state index in [1.165, 1.54) is 6.07 Å². The van der Waals surface area contributed by atoms with Gasteiger partial charge in [0.1, 0.15) is 5.82 Å². The maximum atomic E-state index is 13.2. The maximum Gasteiger partial charge on any atom is 0.320 e. The van der Waals surface area contributed by atoms with Crippen molar-refractivity contribution in [3.05, 3.63) is 35.5 Å². The highest BCUT2D eigenvalue weighted by atomic mass is 19.1. The molecule has 20 heavy (non-hydrogen) atoms. The van der Waals surface area contributed by atoms with Gasteiger partial charge in [-0.05, 0) is 50.6 Å². The summed E-state index contributed by atoms with van der Waals surface area (Å²) in [5.74, 6) is 0.291. The molecule has 1 heterocycles. The first-order valence-corrected chi connectivity index (χ1v) is 6.70. The molecule has 5 nitrogen and oxygen atoms in total. The minimum atomic E-state index is -0.237. The van der Waals surface area contributed by atoms with Gasteiger partial charge in [-0.2, -0.15) is 0 Å². The van der Waals surface area contributed by atoms with Crippen LogP contribution in [-0.4, -0.2) is 16.7 Å². The van der Waals surface area contributed by atoms with Crippen molar-refractivity contribution in [1.29, 1.82) is 0 Å². The Morgan fingerprint density at radius 1 is 1.35 bits per heavy atom. The van der Waals surface area contributed by atoms with Crippen molar-refractivity contribution in [2.45, 2.75) is 33.2 Å². The first-order chi connectivity index (χ1) is 9.60. The van der Waals surface area contributed by atoms with Crippen LogP contribution in [0.5, 0.6) is 0 Å². The van der Waals surface area contributed by atoms with Crippen LogP contribution in [0.15, 0.2) is 22.6 Å². The van der Waals surface area contributed by atoms with Crippen molar-refractivity contribution in [2.75, 3.05) is 11.9 Å². The Hall–Kier alpha value is -1.95. The third-order valence-corrected chi connectivity index (χ3v) is 2.92. The van der Waals surface area contributed by atoms with E-state index in [9.17, 15) is 4.39 Å². The average Bonchev–Trinajstić information content (AvgIpc) is 2.89. The minimum absolute atomic E-state index is 0.00736. The maximum absolute atomic E-state index is 13.2. The molecule has 1 atom stereocenters. The van der Waals surface area contributed by atoms with E-state index in [0.29, 0.717) is 23.2 Å². The third-order valence-electron chi connectivity index (χ3n) is 2.92. The van der Waals surface area contributed by atoms with Crippen LogP contribution >= 0.6 is 0 Å². The summed E-state index contributed by atoms with van der Waals surface area (Å²) in [4.78, 5) is 0. The normalized spacial score (nSPS) is 12.4. The van der Waals surface area contributed by atoms with Gasteiger partial charge in [0.05, 0.1) is 6.04 Å². The van der Waals surface area contributed by atoms with E-state index in [1.807, 2.05) is 6.92 Å². The predicted molar refractivity (Wildman–Crippen MR) is 75.4 cm³/mol. The van der Waals surface area contributed by atoms with Crippen molar-refractivity contribution in [1.82, 2.24) is 15.5 Å². The van der Waals surface area contributed by atoms with Gasteiger partial charge in [-0.15, -0.1) is 5.10 Å². The van der Waals surface area contributed by atoms with E-state index in [2.05, 4.69) is 27.8 Å². The summed E-state index contributed by atoms with van der Waals surface area (Å²) in [6.45, 7) is 6.66. The molecule has 0 bridgehead atoms. The van der Waals surface area contributed by atoms with Gasteiger partial charge in [-0.1, -0.05) is 12.0 Å². The molecule has 1 aromatic carbocycles. The number of rotatable bonds is 6. The van der Waals surface area contributed by atoms with Crippen molar-refractivity contribution in [2.24, 2.45) is 0 Å². The lowest BCUT2D eigenvalue weighted by atomic mass is 10.2. The molecule has 0 radical (unpaired) electrons. The highest BCUT2D eigenvalue weighted by molar-refractivity contribution is 5.53. The number of hydrogen-bond acceptors (Lipinski definition) is 5. The monoisotopic (exact) mass is 278 g/mol. The molecule has 0 fully saturated rings. The predicted octanol–water partition coefficient (Wildman–Crippen LogP) is 3.32. The summed E-state index contributed by atoms with van der Waals surface area (Å²) >= 11 is 0. The fourth-order valence-electron chi connectivity index (χ4n) is 1.75. The Morgan fingerprint density at radius 2 is 2.15 bits per heavy atom. The first kappa shape index (κ1) is 14.5. The molecular weight excluding hydrogens is 259 g/mol. The fourth-order valence-corrected chi connectivity index (χ4v) is 1.75. The standard InChI is InChI=1S/C14H19FN4O/c1-4-7-16-10(3)13-18-19-14(20-13)17-11-5-6-12(15)9(2)8-11/h5-6,8,10,16H,4,7H2,1-3H3,(H,17,19). The Bertz CT molecular complexity index is 570. The van der Waals surface area contributed by atoms with Crippen molar-refractivity contribution in [3.8, 4) is 0 Å². The summed E-state index contributed by atoms with van der Waals surface area (Å²) in [7, 11) is 0. The van der Waals surface area contributed by atoms with Gasteiger partial charge in [0.2, 0.25) is 5.89 Å². The largest absolute Gasteiger partial charge is 0.406 e. The molecule has 0 aliphatic heterocycles. The number of nitrogens with zero attached hydrogens (tertiary/aromatic N) is 2. The quantitative estimate of drug-likeness (QED) is 0.848. The van der Waals surface area contributed by atoms with Crippen LogP contribution in [0.25, 0.3) is 0 Å². The molecule has 0 saturated heterocycles. The van der Waals surface area contributed by atoms with Crippen LogP contribution in [0.2, 0.25) is 0 Å². The molecule has 0 aliphatic rings. The highest BCUT2D eigenvalue weighted by Crippen LogP contribution is 2.20. The van der Waals surface area contributed by atoms with Crippen molar-refractivity contribution in [3.63, 3.8) is 0 Å². The second kappa shape index (κ2) is 6.47. The highest BCUT2D eigenvalue weighted by Gasteiger charge is 2.13. The van der Waals surface area contributed by atoms with Crippen LogP contribution in [0.3, 0.4) is 0 Å². The van der Waals surface area contributed by atoms with Crippen LogP contribution in [-0.2, 0) is 0 Å². The Labute approximate surface area is 117 Å². The van der Waals surface area contributed by atoms with E-state index < -0.39 is 0 Å². The van der Waals surface area contributed by atoms with Gasteiger partial charge in [-0.3, -0.25) is 0 Å². The second-order valence-electron chi connectivity index (χ2n) is 4.71. The smallest absolute Gasteiger partial charge is 0.320 e. The number of aryl methyl sites for hydroxylation is 1. The zero-order valence-corrected chi connectivity index (χ0v) is 11.9. The third kappa shape index (κ3) is 3.54. The zero-order chi connectivity index (χ0) is 14.5. The molecule has 0 aliphatic carbocycles. The summed E-state index contributed by atoms with van der Waals surface area (Å²) in [5, 5.41) is 14.2. The number of anilines is 2. The Morgan fingerprint density at radius 3 is 2.85 bits per heavy atom. The molecule has 2 aromatic rings. The van der Waals surface area contributed by atoms with Crippen molar-refractivity contribution < 1.29 is 8.81 Å². The Kier molecular flexibility index (Phi) is 4.68. The average molecular weight is 278 g/mol. The van der Waals surface area contributed by atoms with Gasteiger partial charge < -0.3 is 15.1 Å². The minimum Gasteiger partial charge on any atom is -0.406 e. The molecule has 108 valence electrons. The SMILES string of the molecule is CCCNC(C)c1nnc(Nc2ccc(F)c(C)c2)o1. The van der Waals surface area contributed by atoms with Gasteiger partial charge >= 0.3 is 6.01 Å². The number of hydrogen-bond donors (Lipinski definition) is 2. The second-order valence-corrected chi connectivity index (χ2v) is 4.71. The lowest BCUT2D eigenvalue weighted by molar-refractivity contribution is 0.424.